The van der Waals surface area contributed by atoms with Gasteiger partial charge in [-0.15, -0.1) is 0 Å². The first-order chi connectivity index (χ1) is 7.32. The number of rotatable bonds is 7. The van der Waals surface area contributed by atoms with Gasteiger partial charge in [-0.1, -0.05) is 0 Å². The molecule has 0 unspecified atom stereocenters. The first kappa shape index (κ1) is 14.1. The van der Waals surface area contributed by atoms with E-state index in [1.165, 1.54) is 6.92 Å². The number of nitrogens with two attached hydrogens (primary N) is 1. The minimum Gasteiger partial charge on any atom is -0.480 e. The van der Waals surface area contributed by atoms with Crippen molar-refractivity contribution in [2.45, 2.75) is 32.2 Å². The highest BCUT2D eigenvalue weighted by atomic mass is 16.4. The summed E-state index contributed by atoms with van der Waals surface area (Å²) in [6, 6.07) is -1.20. The number of primary amides is 1. The van der Waals surface area contributed by atoms with Crippen LogP contribution in [0, 0.1) is 0 Å². The summed E-state index contributed by atoms with van der Waals surface area (Å²) in [7, 11) is 0. The van der Waals surface area contributed by atoms with Crippen molar-refractivity contribution in [1.82, 2.24) is 5.32 Å². The Hall–Kier alpha value is -1.92. The van der Waals surface area contributed by atoms with Gasteiger partial charge in [0.05, 0.1) is 6.42 Å². The molecular formula is C9H14N2O5. The van der Waals surface area contributed by atoms with Crippen LogP contribution >= 0.6 is 0 Å². The van der Waals surface area contributed by atoms with Crippen LogP contribution in [0.2, 0.25) is 0 Å². The standard InChI is InChI=1S/C9H14N2O5/c1-5(12)4-8(14)11-6(9(15)16)2-3-7(10)13/h6H,2-4H2,1H3,(H2,10,13)(H,11,14)(H,15,16)/t6-/m1/s1. The Bertz CT molecular complexity index is 313. The van der Waals surface area contributed by atoms with E-state index in [1.54, 1.807) is 0 Å². The number of hydrogen-bond donors (Lipinski definition) is 3. The molecule has 0 aliphatic rings. The van der Waals surface area contributed by atoms with Gasteiger partial charge in [0.2, 0.25) is 11.8 Å². The maximum absolute atomic E-state index is 11.1. The van der Waals surface area contributed by atoms with E-state index in [2.05, 4.69) is 5.32 Å². The summed E-state index contributed by atoms with van der Waals surface area (Å²) in [6.45, 7) is 1.22. The predicted molar refractivity (Wildman–Crippen MR) is 53.3 cm³/mol. The monoisotopic (exact) mass is 230 g/mol. The maximum atomic E-state index is 11.1. The van der Waals surface area contributed by atoms with Crippen molar-refractivity contribution in [3.05, 3.63) is 0 Å². The number of hydrogen-bond acceptors (Lipinski definition) is 4. The minimum absolute atomic E-state index is 0.0890. The first-order valence-corrected chi connectivity index (χ1v) is 4.63. The van der Waals surface area contributed by atoms with E-state index in [1.807, 2.05) is 0 Å². The highest BCUT2D eigenvalue weighted by Crippen LogP contribution is 1.98. The molecule has 0 saturated heterocycles. The van der Waals surface area contributed by atoms with E-state index in [-0.39, 0.29) is 25.0 Å². The molecule has 0 radical (unpaired) electrons. The Morgan fingerprint density at radius 2 is 1.88 bits per heavy atom. The molecule has 0 aromatic heterocycles. The van der Waals surface area contributed by atoms with Gasteiger partial charge in [0, 0.05) is 6.42 Å². The second kappa shape index (κ2) is 6.54. The quantitative estimate of drug-likeness (QED) is 0.473. The van der Waals surface area contributed by atoms with Crippen LogP contribution in [-0.2, 0) is 19.2 Å². The number of carboxylic acid groups (broad SMARTS) is 1. The molecule has 0 rings (SSSR count). The van der Waals surface area contributed by atoms with Gasteiger partial charge in [-0.2, -0.15) is 0 Å². The van der Waals surface area contributed by atoms with Crippen LogP contribution in [0.4, 0.5) is 0 Å². The molecule has 7 nitrogen and oxygen atoms in total. The SMILES string of the molecule is CC(=O)CC(=O)N[C@H](CCC(N)=O)C(=O)O. The molecular weight excluding hydrogens is 216 g/mol. The molecule has 4 N–H and O–H groups in total. The normalized spacial score (nSPS) is 11.6. The summed E-state index contributed by atoms with van der Waals surface area (Å²) in [6.07, 6.45) is -0.605. The van der Waals surface area contributed by atoms with Gasteiger partial charge in [-0.3, -0.25) is 14.4 Å². The molecule has 0 saturated carbocycles. The summed E-state index contributed by atoms with van der Waals surface area (Å²) < 4.78 is 0. The fourth-order valence-corrected chi connectivity index (χ4v) is 1.02. The third kappa shape index (κ3) is 6.52. The topological polar surface area (TPSA) is 127 Å². The lowest BCUT2D eigenvalue weighted by Gasteiger charge is -2.12. The molecule has 90 valence electrons. The smallest absolute Gasteiger partial charge is 0.326 e. The van der Waals surface area contributed by atoms with Crippen LogP contribution in [0.15, 0.2) is 0 Å². The highest BCUT2D eigenvalue weighted by molar-refractivity contribution is 5.98. The lowest BCUT2D eigenvalue weighted by Crippen LogP contribution is -2.41. The van der Waals surface area contributed by atoms with Crippen LogP contribution in [0.25, 0.3) is 0 Å². The zero-order chi connectivity index (χ0) is 12.7. The number of Topliss-reactive ketones (excluding diaryl/α,β-unsaturated/α-hetero) is 1. The molecule has 0 aromatic rings. The number of carboxylic acids is 1. The summed E-state index contributed by atoms with van der Waals surface area (Å²) in [5.74, 6) is -2.95. The van der Waals surface area contributed by atoms with Crippen molar-refractivity contribution < 1.29 is 24.3 Å². The molecule has 0 aliphatic heterocycles. The van der Waals surface area contributed by atoms with E-state index in [0.717, 1.165) is 0 Å². The fourth-order valence-electron chi connectivity index (χ4n) is 1.02. The average molecular weight is 230 g/mol. The maximum Gasteiger partial charge on any atom is 0.326 e. The molecule has 0 fully saturated rings. The average Bonchev–Trinajstić information content (AvgIpc) is 2.09. The molecule has 0 bridgehead atoms. The summed E-state index contributed by atoms with van der Waals surface area (Å²) in [5.41, 5.74) is 4.85. The highest BCUT2D eigenvalue weighted by Gasteiger charge is 2.20. The van der Waals surface area contributed by atoms with Crippen LogP contribution in [0.3, 0.4) is 0 Å². The van der Waals surface area contributed by atoms with Crippen LogP contribution < -0.4 is 11.1 Å². The third-order valence-corrected chi connectivity index (χ3v) is 1.72. The second-order valence-electron chi connectivity index (χ2n) is 3.34. The number of carbonyl (C=O) groups excluding carboxylic acids is 3. The number of nitrogens with one attached hydrogen (secondary N) is 1. The van der Waals surface area contributed by atoms with Gasteiger partial charge in [-0.05, 0) is 13.3 Å². The van der Waals surface area contributed by atoms with Crippen molar-refractivity contribution >= 4 is 23.6 Å². The lowest BCUT2D eigenvalue weighted by molar-refractivity contribution is -0.142. The summed E-state index contributed by atoms with van der Waals surface area (Å²) in [4.78, 5) is 42.8. The Labute approximate surface area is 92.0 Å². The van der Waals surface area contributed by atoms with Gasteiger partial charge < -0.3 is 16.2 Å². The third-order valence-electron chi connectivity index (χ3n) is 1.72. The minimum atomic E-state index is -1.27. The fraction of sp³-hybridized carbons (Fsp3) is 0.556. The molecule has 16 heavy (non-hydrogen) atoms. The first-order valence-electron chi connectivity index (χ1n) is 4.63. The Kier molecular flexibility index (Phi) is 5.76. The zero-order valence-corrected chi connectivity index (χ0v) is 8.86. The molecule has 2 amide bonds. The van der Waals surface area contributed by atoms with Gasteiger partial charge >= 0.3 is 5.97 Å². The van der Waals surface area contributed by atoms with E-state index in [9.17, 15) is 19.2 Å². The Morgan fingerprint density at radius 3 is 2.25 bits per heavy atom. The molecule has 0 heterocycles. The van der Waals surface area contributed by atoms with E-state index in [4.69, 9.17) is 10.8 Å². The molecule has 0 spiro atoms. The van der Waals surface area contributed by atoms with E-state index < -0.39 is 23.8 Å². The van der Waals surface area contributed by atoms with Crippen molar-refractivity contribution in [2.24, 2.45) is 5.73 Å². The van der Waals surface area contributed by atoms with Gasteiger partial charge in [0.15, 0.2) is 0 Å². The summed E-state index contributed by atoms with van der Waals surface area (Å²) in [5, 5.41) is 10.9. The van der Waals surface area contributed by atoms with Crippen LogP contribution in [-0.4, -0.2) is 34.7 Å². The van der Waals surface area contributed by atoms with Crippen molar-refractivity contribution in [1.29, 1.82) is 0 Å². The van der Waals surface area contributed by atoms with Crippen molar-refractivity contribution in [3.8, 4) is 0 Å². The zero-order valence-electron chi connectivity index (χ0n) is 8.86. The number of carbonyl (C=O) groups is 4. The molecule has 1 atom stereocenters. The van der Waals surface area contributed by atoms with Crippen LogP contribution in [0.1, 0.15) is 26.2 Å². The Morgan fingerprint density at radius 1 is 1.31 bits per heavy atom. The van der Waals surface area contributed by atoms with Gasteiger partial charge in [0.1, 0.15) is 11.8 Å². The van der Waals surface area contributed by atoms with Crippen LogP contribution in [0.5, 0.6) is 0 Å². The van der Waals surface area contributed by atoms with Gasteiger partial charge in [0.25, 0.3) is 0 Å². The van der Waals surface area contributed by atoms with Crippen molar-refractivity contribution in [3.63, 3.8) is 0 Å². The lowest BCUT2D eigenvalue weighted by atomic mass is 10.1. The molecule has 0 aromatic carbocycles. The molecule has 0 aliphatic carbocycles. The van der Waals surface area contributed by atoms with Gasteiger partial charge in [-0.25, -0.2) is 4.79 Å². The summed E-state index contributed by atoms with van der Waals surface area (Å²) >= 11 is 0. The number of aliphatic carboxylic acids is 1. The Balaban J connectivity index is 4.22. The molecule has 7 heteroatoms. The number of ketones is 1. The predicted octanol–water partition coefficient (Wildman–Crippen LogP) is -1.20. The largest absolute Gasteiger partial charge is 0.480 e. The second-order valence-corrected chi connectivity index (χ2v) is 3.34. The number of amides is 2. The van der Waals surface area contributed by atoms with E-state index in [0.29, 0.717) is 0 Å². The van der Waals surface area contributed by atoms with E-state index >= 15 is 0 Å². The van der Waals surface area contributed by atoms with Crippen molar-refractivity contribution in [2.75, 3.05) is 0 Å².